The molecule has 2 aromatic rings. The van der Waals surface area contributed by atoms with Crippen molar-refractivity contribution in [3.63, 3.8) is 0 Å². The minimum absolute atomic E-state index is 0.0905. The van der Waals surface area contributed by atoms with Crippen molar-refractivity contribution in [3.8, 4) is 11.5 Å². The Hall–Kier alpha value is -2.07. The second-order valence-electron chi connectivity index (χ2n) is 7.07. The molecule has 0 radical (unpaired) electrons. The van der Waals surface area contributed by atoms with E-state index in [9.17, 15) is 9.59 Å². The summed E-state index contributed by atoms with van der Waals surface area (Å²) in [6.45, 7) is 4.90. The average Bonchev–Trinajstić information content (AvgIpc) is 3.05. The lowest BCUT2D eigenvalue weighted by atomic mass is 10.1. The third-order valence-electron chi connectivity index (χ3n) is 4.64. The molecular formula is C24H23BrClNO5S2. The molecule has 1 saturated heterocycles. The molecule has 1 fully saturated rings. The Morgan fingerprint density at radius 2 is 1.91 bits per heavy atom. The first-order chi connectivity index (χ1) is 16.3. The quantitative estimate of drug-likeness (QED) is 0.186. The topological polar surface area (TPSA) is 65.1 Å². The van der Waals surface area contributed by atoms with Crippen molar-refractivity contribution in [2.45, 2.75) is 26.9 Å². The van der Waals surface area contributed by atoms with Crippen LogP contribution in [0.15, 0.2) is 45.8 Å². The van der Waals surface area contributed by atoms with Crippen LogP contribution in [0.4, 0.5) is 0 Å². The van der Waals surface area contributed by atoms with E-state index in [1.54, 1.807) is 13.0 Å². The molecule has 34 heavy (non-hydrogen) atoms. The highest BCUT2D eigenvalue weighted by Gasteiger charge is 2.32. The Balaban J connectivity index is 1.77. The molecule has 1 heterocycles. The molecule has 180 valence electrons. The predicted octanol–water partition coefficient (Wildman–Crippen LogP) is 6.23. The molecule has 6 nitrogen and oxygen atoms in total. The number of thioether (sulfide) groups is 1. The maximum atomic E-state index is 12.9. The van der Waals surface area contributed by atoms with Gasteiger partial charge in [0.05, 0.1) is 29.0 Å². The second kappa shape index (κ2) is 12.6. The zero-order chi connectivity index (χ0) is 24.7. The molecule has 0 atom stereocenters. The van der Waals surface area contributed by atoms with E-state index in [0.717, 1.165) is 11.1 Å². The maximum Gasteiger partial charge on any atom is 0.307 e. The van der Waals surface area contributed by atoms with Gasteiger partial charge < -0.3 is 14.2 Å². The van der Waals surface area contributed by atoms with Crippen LogP contribution in [0.25, 0.3) is 6.08 Å². The molecule has 0 saturated carbocycles. The van der Waals surface area contributed by atoms with Crippen molar-refractivity contribution in [1.82, 2.24) is 4.90 Å². The van der Waals surface area contributed by atoms with E-state index in [2.05, 4.69) is 15.9 Å². The van der Waals surface area contributed by atoms with Crippen molar-refractivity contribution >= 4 is 73.8 Å². The van der Waals surface area contributed by atoms with E-state index in [1.165, 1.54) is 16.7 Å². The number of ether oxygens (including phenoxy) is 3. The lowest BCUT2D eigenvalue weighted by molar-refractivity contribution is -0.143. The van der Waals surface area contributed by atoms with Crippen molar-refractivity contribution in [2.24, 2.45) is 0 Å². The largest absolute Gasteiger partial charge is 0.490 e. The summed E-state index contributed by atoms with van der Waals surface area (Å²) in [5.74, 6) is 0.516. The van der Waals surface area contributed by atoms with Crippen LogP contribution < -0.4 is 9.47 Å². The van der Waals surface area contributed by atoms with Gasteiger partial charge in [0, 0.05) is 11.6 Å². The number of benzene rings is 2. The van der Waals surface area contributed by atoms with Gasteiger partial charge in [-0.2, -0.15) is 0 Å². The number of halogens is 2. The summed E-state index contributed by atoms with van der Waals surface area (Å²) in [7, 11) is 0. The number of carbonyl (C=O) groups is 2. The van der Waals surface area contributed by atoms with E-state index >= 15 is 0 Å². The van der Waals surface area contributed by atoms with E-state index < -0.39 is 0 Å². The molecule has 2 aromatic carbocycles. The summed E-state index contributed by atoms with van der Waals surface area (Å²) in [5, 5.41) is 0.663. The molecular weight excluding hydrogens is 562 g/mol. The van der Waals surface area contributed by atoms with Crippen LogP contribution in [-0.2, 0) is 20.9 Å². The van der Waals surface area contributed by atoms with Crippen LogP contribution in [0.3, 0.4) is 0 Å². The normalized spacial score (nSPS) is 14.6. The molecule has 1 aliphatic rings. The smallest absolute Gasteiger partial charge is 0.307 e. The van der Waals surface area contributed by atoms with E-state index in [0.29, 0.717) is 50.0 Å². The standard InChI is InChI=1S/C24H23BrClNO5S2/c1-3-30-19-12-16(11-18(25)22(19)32-14-15-5-7-17(26)8-6-15)13-20-23(29)27(24(33)34-20)10-9-21(28)31-4-2/h5-8,11-13H,3-4,9-10,14H2,1-2H3/b20-13-. The summed E-state index contributed by atoms with van der Waals surface area (Å²) in [6.07, 6.45) is 1.84. The number of thiocarbonyl (C=S) groups is 1. The number of hydrogen-bond donors (Lipinski definition) is 0. The molecule has 3 rings (SSSR count). The van der Waals surface area contributed by atoms with Crippen molar-refractivity contribution in [1.29, 1.82) is 0 Å². The van der Waals surface area contributed by atoms with Gasteiger partial charge in [-0.1, -0.05) is 47.7 Å². The third kappa shape index (κ3) is 6.97. The maximum absolute atomic E-state index is 12.9. The molecule has 0 unspecified atom stereocenters. The minimum atomic E-state index is -0.361. The van der Waals surface area contributed by atoms with Crippen LogP contribution in [0.2, 0.25) is 5.02 Å². The highest BCUT2D eigenvalue weighted by Crippen LogP contribution is 2.40. The summed E-state index contributed by atoms with van der Waals surface area (Å²) < 4.78 is 17.9. The van der Waals surface area contributed by atoms with Crippen molar-refractivity contribution in [2.75, 3.05) is 19.8 Å². The number of amides is 1. The SMILES string of the molecule is CCOC(=O)CCN1C(=O)/C(=C/c2cc(Br)c(OCc3ccc(Cl)cc3)c(OCC)c2)SC1=S. The number of hydrogen-bond acceptors (Lipinski definition) is 7. The number of rotatable bonds is 10. The monoisotopic (exact) mass is 583 g/mol. The van der Waals surface area contributed by atoms with Gasteiger partial charge in [0.1, 0.15) is 10.9 Å². The van der Waals surface area contributed by atoms with Gasteiger partial charge >= 0.3 is 5.97 Å². The van der Waals surface area contributed by atoms with Crippen LogP contribution in [0.1, 0.15) is 31.4 Å². The lowest BCUT2D eigenvalue weighted by Crippen LogP contribution is -2.30. The van der Waals surface area contributed by atoms with Crippen LogP contribution >= 0.6 is 51.5 Å². The first kappa shape index (κ1) is 26.5. The van der Waals surface area contributed by atoms with Crippen LogP contribution in [-0.4, -0.2) is 40.9 Å². The molecule has 0 spiro atoms. The highest BCUT2D eigenvalue weighted by molar-refractivity contribution is 9.10. The third-order valence-corrected chi connectivity index (χ3v) is 6.86. The highest BCUT2D eigenvalue weighted by atomic mass is 79.9. The first-order valence-corrected chi connectivity index (χ1v) is 13.0. The van der Waals surface area contributed by atoms with Gasteiger partial charge in [0.2, 0.25) is 0 Å². The lowest BCUT2D eigenvalue weighted by Gasteiger charge is -2.15. The average molecular weight is 585 g/mol. The Bertz CT molecular complexity index is 1110. The molecule has 1 aliphatic heterocycles. The molecule has 10 heteroatoms. The summed E-state index contributed by atoms with van der Waals surface area (Å²) in [6, 6.07) is 11.1. The fraction of sp³-hybridized carbons (Fsp3) is 0.292. The Kier molecular flexibility index (Phi) is 9.82. The van der Waals surface area contributed by atoms with Crippen molar-refractivity contribution < 1.29 is 23.8 Å². The van der Waals surface area contributed by atoms with Gasteiger partial charge in [0.25, 0.3) is 5.91 Å². The minimum Gasteiger partial charge on any atom is -0.490 e. The molecule has 0 aromatic heterocycles. The van der Waals surface area contributed by atoms with Crippen LogP contribution in [0, 0.1) is 0 Å². The number of nitrogens with zero attached hydrogens (tertiary/aromatic N) is 1. The number of esters is 1. The Morgan fingerprint density at radius 1 is 1.18 bits per heavy atom. The van der Waals surface area contributed by atoms with Gasteiger partial charge in [0.15, 0.2) is 11.5 Å². The van der Waals surface area contributed by atoms with E-state index in [1.807, 2.05) is 43.3 Å². The summed E-state index contributed by atoms with van der Waals surface area (Å²) >= 11 is 16.1. The predicted molar refractivity (Wildman–Crippen MR) is 142 cm³/mol. The molecule has 1 amide bonds. The number of carbonyl (C=O) groups excluding carboxylic acids is 2. The van der Waals surface area contributed by atoms with E-state index in [-0.39, 0.29) is 24.8 Å². The molecule has 0 N–H and O–H groups in total. The van der Waals surface area contributed by atoms with Gasteiger partial charge in [-0.05, 0) is 71.2 Å². The zero-order valence-corrected chi connectivity index (χ0v) is 22.6. The van der Waals surface area contributed by atoms with Crippen molar-refractivity contribution in [3.05, 3.63) is 61.9 Å². The van der Waals surface area contributed by atoms with Crippen LogP contribution in [0.5, 0.6) is 11.5 Å². The summed E-state index contributed by atoms with van der Waals surface area (Å²) in [5.41, 5.74) is 1.72. The Labute approximate surface area is 221 Å². The fourth-order valence-electron chi connectivity index (χ4n) is 3.09. The second-order valence-corrected chi connectivity index (χ2v) is 10.0. The first-order valence-electron chi connectivity index (χ1n) is 10.6. The summed E-state index contributed by atoms with van der Waals surface area (Å²) in [4.78, 5) is 26.4. The fourth-order valence-corrected chi connectivity index (χ4v) is 5.10. The Morgan fingerprint density at radius 3 is 2.59 bits per heavy atom. The molecule has 0 bridgehead atoms. The zero-order valence-electron chi connectivity index (χ0n) is 18.6. The van der Waals surface area contributed by atoms with Gasteiger partial charge in [-0.3, -0.25) is 14.5 Å². The molecule has 0 aliphatic carbocycles. The van der Waals surface area contributed by atoms with E-state index in [4.69, 9.17) is 38.0 Å². The van der Waals surface area contributed by atoms with Gasteiger partial charge in [-0.15, -0.1) is 0 Å². The van der Waals surface area contributed by atoms with Gasteiger partial charge in [-0.25, -0.2) is 0 Å².